The fraction of sp³-hybridized carbons (Fsp3) is 0.429. The molecule has 2 aromatic rings. The number of piperidine rings is 1. The zero-order chi connectivity index (χ0) is 12.4. The average molecular weight is 242 g/mol. The first-order valence-electron chi connectivity index (χ1n) is 6.54. The van der Waals surface area contributed by atoms with E-state index in [0.717, 1.165) is 43.3 Å². The standard InChI is InChI=1S/C14H18N4/c1-11-16-14(12-7-9-15-10-8-12)17-18(11)13-5-3-2-4-6-13/h2-6,12,15H,7-10H2,1H3. The largest absolute Gasteiger partial charge is 0.317 e. The monoisotopic (exact) mass is 242 g/mol. The molecule has 0 saturated carbocycles. The van der Waals surface area contributed by atoms with Crippen molar-refractivity contribution in [3.63, 3.8) is 0 Å². The zero-order valence-corrected chi connectivity index (χ0v) is 10.6. The minimum atomic E-state index is 0.509. The van der Waals surface area contributed by atoms with Gasteiger partial charge in [-0.05, 0) is 45.0 Å². The molecular weight excluding hydrogens is 224 g/mol. The highest BCUT2D eigenvalue weighted by molar-refractivity contribution is 5.31. The van der Waals surface area contributed by atoms with E-state index >= 15 is 0 Å². The molecule has 0 unspecified atom stereocenters. The van der Waals surface area contributed by atoms with Gasteiger partial charge >= 0.3 is 0 Å². The summed E-state index contributed by atoms with van der Waals surface area (Å²) in [4.78, 5) is 4.63. The van der Waals surface area contributed by atoms with Crippen molar-refractivity contribution in [3.05, 3.63) is 42.0 Å². The van der Waals surface area contributed by atoms with E-state index in [9.17, 15) is 0 Å². The fourth-order valence-corrected chi connectivity index (χ4v) is 2.48. The minimum absolute atomic E-state index is 0.509. The first kappa shape index (κ1) is 11.4. The van der Waals surface area contributed by atoms with Crippen LogP contribution in [-0.4, -0.2) is 27.9 Å². The topological polar surface area (TPSA) is 42.7 Å². The molecule has 1 saturated heterocycles. The quantitative estimate of drug-likeness (QED) is 0.876. The second-order valence-electron chi connectivity index (χ2n) is 4.79. The van der Waals surface area contributed by atoms with E-state index in [4.69, 9.17) is 0 Å². The normalized spacial score (nSPS) is 16.9. The molecule has 0 radical (unpaired) electrons. The van der Waals surface area contributed by atoms with Crippen LogP contribution in [0, 0.1) is 6.92 Å². The van der Waals surface area contributed by atoms with E-state index < -0.39 is 0 Å². The van der Waals surface area contributed by atoms with E-state index in [0.29, 0.717) is 5.92 Å². The Kier molecular flexibility index (Phi) is 3.11. The molecule has 1 N–H and O–H groups in total. The molecule has 1 aliphatic heterocycles. The Hall–Kier alpha value is -1.68. The van der Waals surface area contributed by atoms with Crippen LogP contribution < -0.4 is 5.32 Å². The molecule has 3 rings (SSSR count). The number of hydrogen-bond donors (Lipinski definition) is 1. The molecule has 18 heavy (non-hydrogen) atoms. The van der Waals surface area contributed by atoms with Gasteiger partial charge in [-0.2, -0.15) is 5.10 Å². The van der Waals surface area contributed by atoms with Gasteiger partial charge in [0.1, 0.15) is 5.82 Å². The summed E-state index contributed by atoms with van der Waals surface area (Å²) in [7, 11) is 0. The lowest BCUT2D eigenvalue weighted by atomic mass is 9.98. The van der Waals surface area contributed by atoms with Crippen LogP contribution in [0.15, 0.2) is 30.3 Å². The van der Waals surface area contributed by atoms with Crippen LogP contribution in [-0.2, 0) is 0 Å². The van der Waals surface area contributed by atoms with Crippen molar-refractivity contribution in [2.24, 2.45) is 0 Å². The Labute approximate surface area is 107 Å². The number of rotatable bonds is 2. The van der Waals surface area contributed by atoms with Crippen LogP contribution in [0.3, 0.4) is 0 Å². The third-order valence-electron chi connectivity index (χ3n) is 3.49. The number of nitrogens with one attached hydrogen (secondary N) is 1. The predicted octanol–water partition coefficient (Wildman–Crippen LogP) is 2.04. The van der Waals surface area contributed by atoms with Crippen molar-refractivity contribution in [2.75, 3.05) is 13.1 Å². The van der Waals surface area contributed by atoms with Crippen molar-refractivity contribution in [1.82, 2.24) is 20.1 Å². The molecule has 4 heteroatoms. The molecule has 0 bridgehead atoms. The van der Waals surface area contributed by atoms with Crippen LogP contribution in [0.4, 0.5) is 0 Å². The molecule has 0 spiro atoms. The van der Waals surface area contributed by atoms with Gasteiger partial charge < -0.3 is 5.32 Å². The highest BCUT2D eigenvalue weighted by Gasteiger charge is 2.20. The smallest absolute Gasteiger partial charge is 0.154 e. The van der Waals surface area contributed by atoms with Gasteiger partial charge in [-0.15, -0.1) is 0 Å². The van der Waals surface area contributed by atoms with Gasteiger partial charge in [0.05, 0.1) is 5.69 Å². The van der Waals surface area contributed by atoms with E-state index in [1.54, 1.807) is 0 Å². The van der Waals surface area contributed by atoms with E-state index in [-0.39, 0.29) is 0 Å². The maximum Gasteiger partial charge on any atom is 0.154 e. The number of nitrogens with zero attached hydrogens (tertiary/aromatic N) is 3. The van der Waals surface area contributed by atoms with Crippen molar-refractivity contribution in [3.8, 4) is 5.69 Å². The number of benzene rings is 1. The number of para-hydroxylation sites is 1. The summed E-state index contributed by atoms with van der Waals surface area (Å²) in [6.07, 6.45) is 2.27. The molecular formula is C14H18N4. The van der Waals surface area contributed by atoms with Crippen molar-refractivity contribution in [1.29, 1.82) is 0 Å². The first-order valence-corrected chi connectivity index (χ1v) is 6.54. The maximum atomic E-state index is 4.68. The first-order chi connectivity index (χ1) is 8.84. The van der Waals surface area contributed by atoms with Gasteiger partial charge in [-0.1, -0.05) is 18.2 Å². The third-order valence-corrected chi connectivity index (χ3v) is 3.49. The Bertz CT molecular complexity index is 512. The fourth-order valence-electron chi connectivity index (χ4n) is 2.48. The highest BCUT2D eigenvalue weighted by Crippen LogP contribution is 2.23. The molecule has 94 valence electrons. The van der Waals surface area contributed by atoms with E-state index in [1.165, 1.54) is 0 Å². The summed E-state index contributed by atoms with van der Waals surface area (Å²) < 4.78 is 1.94. The SMILES string of the molecule is Cc1nc(C2CCNCC2)nn1-c1ccccc1. The van der Waals surface area contributed by atoms with Gasteiger partial charge in [-0.25, -0.2) is 9.67 Å². The highest BCUT2D eigenvalue weighted by atomic mass is 15.3. The van der Waals surface area contributed by atoms with Crippen LogP contribution >= 0.6 is 0 Å². The summed E-state index contributed by atoms with van der Waals surface area (Å²) in [6, 6.07) is 10.2. The number of hydrogen-bond acceptors (Lipinski definition) is 3. The third kappa shape index (κ3) is 2.16. The second kappa shape index (κ2) is 4.90. The van der Waals surface area contributed by atoms with Crippen LogP contribution in [0.25, 0.3) is 5.69 Å². The Morgan fingerprint density at radius 3 is 2.61 bits per heavy atom. The van der Waals surface area contributed by atoms with Gasteiger partial charge in [0.15, 0.2) is 5.82 Å². The predicted molar refractivity (Wildman–Crippen MR) is 70.9 cm³/mol. The van der Waals surface area contributed by atoms with Gasteiger partial charge in [0.2, 0.25) is 0 Å². The molecule has 0 amide bonds. The van der Waals surface area contributed by atoms with Crippen molar-refractivity contribution >= 4 is 0 Å². The summed E-state index contributed by atoms with van der Waals surface area (Å²) in [5.74, 6) is 2.47. The summed E-state index contributed by atoms with van der Waals surface area (Å²) in [5, 5.41) is 8.06. The second-order valence-corrected chi connectivity index (χ2v) is 4.79. The zero-order valence-electron chi connectivity index (χ0n) is 10.6. The average Bonchev–Trinajstić information content (AvgIpc) is 2.83. The van der Waals surface area contributed by atoms with E-state index in [2.05, 4.69) is 27.5 Å². The molecule has 1 aliphatic rings. The van der Waals surface area contributed by atoms with Gasteiger partial charge in [0, 0.05) is 5.92 Å². The molecule has 1 aromatic heterocycles. The van der Waals surface area contributed by atoms with Crippen LogP contribution in [0.2, 0.25) is 0 Å². The molecule has 2 heterocycles. The number of aromatic nitrogens is 3. The van der Waals surface area contributed by atoms with Crippen molar-refractivity contribution in [2.45, 2.75) is 25.7 Å². The van der Waals surface area contributed by atoms with Crippen molar-refractivity contribution < 1.29 is 0 Å². The molecule has 1 aromatic carbocycles. The van der Waals surface area contributed by atoms with Gasteiger partial charge in [-0.3, -0.25) is 0 Å². The molecule has 0 aliphatic carbocycles. The van der Waals surface area contributed by atoms with Gasteiger partial charge in [0.25, 0.3) is 0 Å². The Balaban J connectivity index is 1.91. The number of aryl methyl sites for hydroxylation is 1. The summed E-state index contributed by atoms with van der Waals surface area (Å²) >= 11 is 0. The Morgan fingerprint density at radius 2 is 1.89 bits per heavy atom. The molecule has 1 fully saturated rings. The summed E-state index contributed by atoms with van der Waals surface area (Å²) in [5.41, 5.74) is 1.09. The van der Waals surface area contributed by atoms with Crippen LogP contribution in [0.1, 0.15) is 30.4 Å². The lowest BCUT2D eigenvalue weighted by molar-refractivity contribution is 0.444. The molecule has 0 atom stereocenters. The lowest BCUT2D eigenvalue weighted by Gasteiger charge is -2.19. The molecule has 4 nitrogen and oxygen atoms in total. The Morgan fingerprint density at radius 1 is 1.17 bits per heavy atom. The summed E-state index contributed by atoms with van der Waals surface area (Å²) in [6.45, 7) is 4.16. The minimum Gasteiger partial charge on any atom is -0.317 e. The lowest BCUT2D eigenvalue weighted by Crippen LogP contribution is -2.27. The van der Waals surface area contributed by atoms with E-state index in [1.807, 2.05) is 29.8 Å². The van der Waals surface area contributed by atoms with Crippen LogP contribution in [0.5, 0.6) is 0 Å². The maximum absolute atomic E-state index is 4.68.